The van der Waals surface area contributed by atoms with Gasteiger partial charge in [0.05, 0.1) is 11.9 Å². The Morgan fingerprint density at radius 1 is 1.12 bits per heavy atom. The number of nitrogens with two attached hydrogens (primary N) is 1. The summed E-state index contributed by atoms with van der Waals surface area (Å²) in [6.45, 7) is -0.452. The van der Waals surface area contributed by atoms with Crippen LogP contribution in [0.15, 0.2) is 48.7 Å². The van der Waals surface area contributed by atoms with Crippen molar-refractivity contribution < 1.29 is 18.8 Å². The number of pyridine rings is 1. The van der Waals surface area contributed by atoms with Crippen LogP contribution in [-0.2, 0) is 16.1 Å². The second-order valence-electron chi connectivity index (χ2n) is 8.51. The second-order valence-corrected chi connectivity index (χ2v) is 8.51. The first kappa shape index (κ1) is 21.0. The van der Waals surface area contributed by atoms with Crippen LogP contribution in [0.2, 0.25) is 0 Å². The number of halogens is 1. The Hall–Kier alpha value is -3.82. The molecule has 33 heavy (non-hydrogen) atoms. The number of primary amides is 1. The van der Waals surface area contributed by atoms with E-state index in [2.05, 4.69) is 15.4 Å². The summed E-state index contributed by atoms with van der Waals surface area (Å²) in [5, 5.41) is 7.52. The van der Waals surface area contributed by atoms with Crippen molar-refractivity contribution in [1.82, 2.24) is 25.0 Å². The maximum Gasteiger partial charge on any atom is 0.269 e. The van der Waals surface area contributed by atoms with E-state index < -0.39 is 24.0 Å². The average molecular weight is 450 g/mol. The lowest BCUT2D eigenvalue weighted by molar-refractivity contribution is -0.139. The molecule has 0 spiro atoms. The van der Waals surface area contributed by atoms with E-state index in [0.717, 1.165) is 12.0 Å². The molecule has 3 amide bonds. The van der Waals surface area contributed by atoms with Gasteiger partial charge in [-0.25, -0.2) is 14.1 Å². The number of fused-ring (bicyclic) bond motifs is 1. The summed E-state index contributed by atoms with van der Waals surface area (Å²) < 4.78 is 15.5. The van der Waals surface area contributed by atoms with Gasteiger partial charge in [0.2, 0.25) is 11.8 Å². The molecule has 2 aromatic heterocycles. The van der Waals surface area contributed by atoms with Gasteiger partial charge in [-0.3, -0.25) is 14.4 Å². The molecule has 9 nitrogen and oxygen atoms in total. The lowest BCUT2D eigenvalue weighted by Gasteiger charge is -2.23. The Morgan fingerprint density at radius 3 is 2.67 bits per heavy atom. The van der Waals surface area contributed by atoms with E-state index in [9.17, 15) is 18.8 Å². The highest BCUT2D eigenvalue weighted by Gasteiger charge is 2.44. The predicted molar refractivity (Wildman–Crippen MR) is 117 cm³/mol. The van der Waals surface area contributed by atoms with Crippen molar-refractivity contribution in [1.29, 1.82) is 0 Å². The van der Waals surface area contributed by atoms with E-state index in [0.29, 0.717) is 11.0 Å². The summed E-state index contributed by atoms with van der Waals surface area (Å²) >= 11 is 0. The average Bonchev–Trinajstić information content (AvgIpc) is 3.30. The van der Waals surface area contributed by atoms with Gasteiger partial charge >= 0.3 is 0 Å². The molecule has 1 aliphatic carbocycles. The number of nitrogens with one attached hydrogen (secondary N) is 1. The molecule has 3 aromatic rings. The zero-order valence-corrected chi connectivity index (χ0v) is 17.7. The van der Waals surface area contributed by atoms with Gasteiger partial charge in [0.15, 0.2) is 11.3 Å². The molecular formula is C23H23FN6O3. The summed E-state index contributed by atoms with van der Waals surface area (Å²) in [6.07, 6.45) is 0.988. The maximum atomic E-state index is 14.3. The van der Waals surface area contributed by atoms with Crippen molar-refractivity contribution in [2.24, 2.45) is 5.73 Å². The maximum absolute atomic E-state index is 14.3. The summed E-state index contributed by atoms with van der Waals surface area (Å²) in [6, 6.07) is 12.2. The number of likely N-dealkylation sites (tertiary alicyclic amines) is 1. The van der Waals surface area contributed by atoms with Crippen LogP contribution in [0.1, 0.15) is 34.8 Å². The normalized spacial score (nSPS) is 24.1. The fourth-order valence-corrected chi connectivity index (χ4v) is 4.53. The van der Waals surface area contributed by atoms with Crippen molar-refractivity contribution in [3.05, 3.63) is 59.9 Å². The van der Waals surface area contributed by atoms with Crippen LogP contribution in [-0.4, -0.2) is 62.2 Å². The largest absolute Gasteiger partial charge is 0.364 e. The van der Waals surface area contributed by atoms with E-state index in [4.69, 9.17) is 5.73 Å². The minimum absolute atomic E-state index is 0.00525. The van der Waals surface area contributed by atoms with E-state index in [1.54, 1.807) is 12.1 Å². The lowest BCUT2D eigenvalue weighted by atomic mass is 10.1. The van der Waals surface area contributed by atoms with Crippen LogP contribution in [0.25, 0.3) is 11.0 Å². The zero-order valence-electron chi connectivity index (χ0n) is 17.7. The first-order chi connectivity index (χ1) is 15.9. The van der Waals surface area contributed by atoms with E-state index >= 15 is 0 Å². The molecule has 3 heterocycles. The molecule has 1 saturated heterocycles. The standard InChI is InChI=1S/C23H23FN6O3/c24-14-9-18(23(33)27-17-10-16(17)13-5-2-1-3-6-13)29(11-14)19(31)12-30-22-15(7-4-8-26-22)20(28-30)21(25)32/h1-8,14,16-18H,9-12H2,(H2,25,32)(H,27,33)/t14-,16?,17?,18+/m1/s1. The van der Waals surface area contributed by atoms with Crippen LogP contribution in [0, 0.1) is 0 Å². The first-order valence-corrected chi connectivity index (χ1v) is 10.8. The van der Waals surface area contributed by atoms with Gasteiger partial charge in [-0.2, -0.15) is 5.10 Å². The fourth-order valence-electron chi connectivity index (χ4n) is 4.53. The molecule has 4 atom stereocenters. The highest BCUT2D eigenvalue weighted by molar-refractivity contribution is 6.03. The quantitative estimate of drug-likeness (QED) is 0.583. The smallest absolute Gasteiger partial charge is 0.269 e. The number of carbonyl (C=O) groups excluding carboxylic acids is 3. The molecule has 3 N–H and O–H groups in total. The topological polar surface area (TPSA) is 123 Å². The summed E-state index contributed by atoms with van der Waals surface area (Å²) in [4.78, 5) is 43.1. The van der Waals surface area contributed by atoms with Gasteiger partial charge in [-0.1, -0.05) is 30.3 Å². The number of hydrogen-bond acceptors (Lipinski definition) is 5. The number of amides is 3. The fraction of sp³-hybridized carbons (Fsp3) is 0.348. The van der Waals surface area contributed by atoms with Gasteiger partial charge in [0, 0.05) is 24.6 Å². The Bertz CT molecular complexity index is 1230. The minimum Gasteiger partial charge on any atom is -0.364 e. The first-order valence-electron chi connectivity index (χ1n) is 10.8. The number of benzene rings is 1. The number of carbonyl (C=O) groups is 3. The Balaban J connectivity index is 1.29. The van der Waals surface area contributed by atoms with Crippen molar-refractivity contribution in [2.75, 3.05) is 6.54 Å². The number of rotatable bonds is 6. The Labute approximate surface area is 188 Å². The number of hydrogen-bond donors (Lipinski definition) is 2. The van der Waals surface area contributed by atoms with E-state index in [1.165, 1.54) is 15.8 Å². The van der Waals surface area contributed by atoms with Gasteiger partial charge in [-0.15, -0.1) is 0 Å². The minimum atomic E-state index is -1.29. The highest BCUT2D eigenvalue weighted by atomic mass is 19.1. The molecule has 1 saturated carbocycles. The van der Waals surface area contributed by atoms with Crippen LogP contribution in [0.4, 0.5) is 4.39 Å². The van der Waals surface area contributed by atoms with Crippen LogP contribution < -0.4 is 11.1 Å². The van der Waals surface area contributed by atoms with E-state index in [-0.39, 0.29) is 43.1 Å². The molecule has 1 aliphatic heterocycles. The third-order valence-electron chi connectivity index (χ3n) is 6.24. The monoisotopic (exact) mass is 450 g/mol. The van der Waals surface area contributed by atoms with Crippen LogP contribution in [0.5, 0.6) is 0 Å². The summed E-state index contributed by atoms with van der Waals surface area (Å²) in [7, 11) is 0. The SMILES string of the molecule is NC(=O)c1nn(CC(=O)N2C[C@H](F)C[C@H]2C(=O)NC2CC2c2ccccc2)c2ncccc12. The van der Waals surface area contributed by atoms with Gasteiger partial charge in [0.1, 0.15) is 18.8 Å². The molecule has 10 heteroatoms. The van der Waals surface area contributed by atoms with Gasteiger partial charge in [-0.05, 0) is 24.1 Å². The highest BCUT2D eigenvalue weighted by Crippen LogP contribution is 2.40. The van der Waals surface area contributed by atoms with Gasteiger partial charge < -0.3 is 16.0 Å². The number of alkyl halides is 1. The van der Waals surface area contributed by atoms with Crippen molar-refractivity contribution in [3.63, 3.8) is 0 Å². The van der Waals surface area contributed by atoms with Crippen molar-refractivity contribution in [3.8, 4) is 0 Å². The van der Waals surface area contributed by atoms with Crippen molar-refractivity contribution >= 4 is 28.8 Å². The molecule has 0 bridgehead atoms. The summed E-state index contributed by atoms with van der Waals surface area (Å²) in [5.41, 5.74) is 6.86. The molecule has 2 fully saturated rings. The molecule has 2 unspecified atom stereocenters. The summed E-state index contributed by atoms with van der Waals surface area (Å²) in [5.74, 6) is -1.33. The Morgan fingerprint density at radius 2 is 1.91 bits per heavy atom. The molecule has 0 radical (unpaired) electrons. The van der Waals surface area contributed by atoms with Gasteiger partial charge in [0.25, 0.3) is 5.91 Å². The molecule has 170 valence electrons. The molecule has 5 rings (SSSR count). The van der Waals surface area contributed by atoms with E-state index in [1.807, 2.05) is 30.3 Å². The molecule has 1 aromatic carbocycles. The second kappa shape index (κ2) is 8.27. The third-order valence-corrected chi connectivity index (χ3v) is 6.24. The molecule has 2 aliphatic rings. The molecular weight excluding hydrogens is 427 g/mol. The van der Waals surface area contributed by atoms with Crippen LogP contribution >= 0.6 is 0 Å². The zero-order chi connectivity index (χ0) is 23.1. The van der Waals surface area contributed by atoms with Crippen LogP contribution in [0.3, 0.4) is 0 Å². The lowest BCUT2D eigenvalue weighted by Crippen LogP contribution is -2.47. The number of aromatic nitrogens is 3. The van der Waals surface area contributed by atoms with Crippen molar-refractivity contribution in [2.45, 2.75) is 43.6 Å². The number of nitrogens with zero attached hydrogens (tertiary/aromatic N) is 4. The predicted octanol–water partition coefficient (Wildman–Crippen LogP) is 1.14. The Kier molecular flexibility index (Phi) is 5.27. The third kappa shape index (κ3) is 4.04.